The van der Waals surface area contributed by atoms with Crippen molar-refractivity contribution in [2.75, 3.05) is 0 Å². The lowest BCUT2D eigenvalue weighted by atomic mass is 10.0. The molecule has 6 heteroatoms. The van der Waals surface area contributed by atoms with Crippen LogP contribution in [0.3, 0.4) is 0 Å². The molecule has 1 aromatic carbocycles. The Morgan fingerprint density at radius 1 is 1.28 bits per heavy atom. The van der Waals surface area contributed by atoms with Crippen LogP contribution in [0.4, 0.5) is 0 Å². The molecule has 0 spiro atoms. The molecule has 1 N–H and O–H groups in total. The minimum Gasteiger partial charge on any atom is -0.480 e. The molecule has 0 aliphatic heterocycles. The van der Waals surface area contributed by atoms with E-state index >= 15 is 0 Å². The standard InChI is InChI=1S/C19H20N2O3S/c1-5-12-6-8-13(9-7-12)14-10-25-16-15(14)17(22)21(11(2)20-16)19(3,4)18(23)24/h6-10H,5H2,1-4H3,(H,23,24). The SMILES string of the molecule is CCc1ccc(-c2csc3nc(C)n(C(C)(C)C(=O)O)c(=O)c23)cc1. The van der Waals surface area contributed by atoms with Gasteiger partial charge in [-0.3, -0.25) is 9.36 Å². The van der Waals surface area contributed by atoms with E-state index < -0.39 is 11.5 Å². The van der Waals surface area contributed by atoms with Crippen LogP contribution in [0.2, 0.25) is 0 Å². The molecule has 3 rings (SSSR count). The predicted molar refractivity (Wildman–Crippen MR) is 100 cm³/mol. The number of hydrogen-bond donors (Lipinski definition) is 1. The van der Waals surface area contributed by atoms with Gasteiger partial charge < -0.3 is 5.11 Å². The zero-order valence-corrected chi connectivity index (χ0v) is 15.5. The first-order valence-electron chi connectivity index (χ1n) is 8.11. The van der Waals surface area contributed by atoms with Crippen molar-refractivity contribution in [3.05, 3.63) is 51.4 Å². The molecule has 0 saturated heterocycles. The highest BCUT2D eigenvalue weighted by Crippen LogP contribution is 2.32. The van der Waals surface area contributed by atoms with Gasteiger partial charge in [0.15, 0.2) is 0 Å². The molecule has 0 aliphatic rings. The van der Waals surface area contributed by atoms with Gasteiger partial charge in [0.25, 0.3) is 5.56 Å². The third-order valence-corrected chi connectivity index (χ3v) is 5.40. The molecular weight excluding hydrogens is 336 g/mol. The largest absolute Gasteiger partial charge is 0.480 e. The molecule has 0 unspecified atom stereocenters. The minimum atomic E-state index is -1.37. The van der Waals surface area contributed by atoms with E-state index in [2.05, 4.69) is 11.9 Å². The molecule has 3 aromatic rings. The summed E-state index contributed by atoms with van der Waals surface area (Å²) in [6.45, 7) is 6.79. The second-order valence-electron chi connectivity index (χ2n) is 6.54. The Kier molecular flexibility index (Phi) is 4.24. The van der Waals surface area contributed by atoms with Crippen LogP contribution in [0.25, 0.3) is 21.3 Å². The molecule has 130 valence electrons. The van der Waals surface area contributed by atoms with Gasteiger partial charge in [-0.25, -0.2) is 9.78 Å². The first kappa shape index (κ1) is 17.4. The summed E-state index contributed by atoms with van der Waals surface area (Å²) in [5.41, 5.74) is 1.28. The van der Waals surface area contributed by atoms with Crippen molar-refractivity contribution in [3.8, 4) is 11.1 Å². The van der Waals surface area contributed by atoms with Crippen LogP contribution in [-0.4, -0.2) is 20.6 Å². The maximum absolute atomic E-state index is 13.1. The first-order chi connectivity index (χ1) is 11.8. The average molecular weight is 356 g/mol. The van der Waals surface area contributed by atoms with E-state index in [4.69, 9.17) is 0 Å². The highest BCUT2D eigenvalue weighted by molar-refractivity contribution is 7.17. The highest BCUT2D eigenvalue weighted by atomic mass is 32.1. The number of carboxylic acid groups (broad SMARTS) is 1. The Bertz CT molecular complexity index is 1010. The van der Waals surface area contributed by atoms with Gasteiger partial charge in [0.1, 0.15) is 16.2 Å². The van der Waals surface area contributed by atoms with E-state index in [1.165, 1.54) is 35.3 Å². The Morgan fingerprint density at radius 3 is 2.48 bits per heavy atom. The molecule has 0 amide bonds. The summed E-state index contributed by atoms with van der Waals surface area (Å²) >= 11 is 1.40. The molecule has 0 atom stereocenters. The maximum Gasteiger partial charge on any atom is 0.329 e. The molecule has 0 aliphatic carbocycles. The lowest BCUT2D eigenvalue weighted by molar-refractivity contribution is -0.145. The van der Waals surface area contributed by atoms with Gasteiger partial charge in [0.05, 0.1) is 5.39 Å². The van der Waals surface area contributed by atoms with E-state index in [9.17, 15) is 14.7 Å². The fourth-order valence-electron chi connectivity index (χ4n) is 2.98. The number of carboxylic acids is 1. The fraction of sp³-hybridized carbons (Fsp3) is 0.316. The van der Waals surface area contributed by atoms with Gasteiger partial charge >= 0.3 is 5.97 Å². The lowest BCUT2D eigenvalue weighted by Gasteiger charge is -2.24. The van der Waals surface area contributed by atoms with Gasteiger partial charge in [-0.05, 0) is 38.3 Å². The van der Waals surface area contributed by atoms with Gasteiger partial charge in [-0.1, -0.05) is 31.2 Å². The Labute approximate surface area is 149 Å². The van der Waals surface area contributed by atoms with Gasteiger partial charge in [-0.15, -0.1) is 11.3 Å². The molecule has 2 aromatic heterocycles. The molecular formula is C19H20N2O3S. The van der Waals surface area contributed by atoms with Crippen molar-refractivity contribution in [1.82, 2.24) is 9.55 Å². The Morgan fingerprint density at radius 2 is 1.92 bits per heavy atom. The number of fused-ring (bicyclic) bond motifs is 1. The number of hydrogen-bond acceptors (Lipinski definition) is 4. The Hall–Kier alpha value is -2.47. The number of benzene rings is 1. The maximum atomic E-state index is 13.1. The minimum absolute atomic E-state index is 0.314. The van der Waals surface area contributed by atoms with Crippen LogP contribution in [0.1, 0.15) is 32.2 Å². The lowest BCUT2D eigenvalue weighted by Crippen LogP contribution is -2.44. The number of rotatable bonds is 4. The third-order valence-electron chi connectivity index (χ3n) is 4.53. The quantitative estimate of drug-likeness (QED) is 0.771. The number of carbonyl (C=O) groups is 1. The molecule has 25 heavy (non-hydrogen) atoms. The molecule has 0 fully saturated rings. The third kappa shape index (κ3) is 2.76. The Balaban J connectivity index is 2.30. The van der Waals surface area contributed by atoms with Crippen molar-refractivity contribution in [3.63, 3.8) is 0 Å². The van der Waals surface area contributed by atoms with E-state index in [1.54, 1.807) is 6.92 Å². The monoisotopic (exact) mass is 356 g/mol. The van der Waals surface area contributed by atoms with Gasteiger partial charge in [-0.2, -0.15) is 0 Å². The van der Waals surface area contributed by atoms with Crippen LogP contribution in [0.15, 0.2) is 34.4 Å². The van der Waals surface area contributed by atoms with Crippen molar-refractivity contribution >= 4 is 27.5 Å². The summed E-state index contributed by atoms with van der Waals surface area (Å²) in [5, 5.41) is 11.9. The summed E-state index contributed by atoms with van der Waals surface area (Å²) < 4.78 is 1.27. The smallest absolute Gasteiger partial charge is 0.329 e. The highest BCUT2D eigenvalue weighted by Gasteiger charge is 2.33. The van der Waals surface area contributed by atoms with Crippen LogP contribution >= 0.6 is 11.3 Å². The number of aryl methyl sites for hydroxylation is 2. The second kappa shape index (κ2) is 6.11. The number of aromatic nitrogens is 2. The molecule has 0 saturated carbocycles. The number of aliphatic carboxylic acids is 1. The van der Waals surface area contributed by atoms with Crippen LogP contribution in [0.5, 0.6) is 0 Å². The zero-order chi connectivity index (χ0) is 18.4. The summed E-state index contributed by atoms with van der Waals surface area (Å²) in [5.74, 6) is -0.664. The van der Waals surface area contributed by atoms with Crippen molar-refractivity contribution in [1.29, 1.82) is 0 Å². The zero-order valence-electron chi connectivity index (χ0n) is 14.7. The summed E-state index contributed by atoms with van der Waals surface area (Å²) in [4.78, 5) is 29.9. The van der Waals surface area contributed by atoms with Gasteiger partial charge in [0.2, 0.25) is 0 Å². The van der Waals surface area contributed by atoms with Crippen LogP contribution in [0, 0.1) is 6.92 Å². The molecule has 2 heterocycles. The van der Waals surface area contributed by atoms with Crippen molar-refractivity contribution in [2.24, 2.45) is 0 Å². The predicted octanol–water partition coefficient (Wildman–Crippen LogP) is 3.82. The second-order valence-corrected chi connectivity index (χ2v) is 7.40. The average Bonchev–Trinajstić information content (AvgIpc) is 2.98. The van der Waals surface area contributed by atoms with Gasteiger partial charge in [0, 0.05) is 10.9 Å². The van der Waals surface area contributed by atoms with E-state index in [-0.39, 0.29) is 5.56 Å². The van der Waals surface area contributed by atoms with E-state index in [0.29, 0.717) is 16.0 Å². The normalized spacial score (nSPS) is 11.8. The van der Waals surface area contributed by atoms with Crippen molar-refractivity contribution in [2.45, 2.75) is 39.7 Å². The number of thiophene rings is 1. The summed E-state index contributed by atoms with van der Waals surface area (Å²) in [6, 6.07) is 8.07. The topological polar surface area (TPSA) is 72.2 Å². The molecule has 5 nitrogen and oxygen atoms in total. The van der Waals surface area contributed by atoms with Crippen molar-refractivity contribution < 1.29 is 9.90 Å². The molecule has 0 bridgehead atoms. The summed E-state index contributed by atoms with van der Waals surface area (Å²) in [6.07, 6.45) is 0.949. The van der Waals surface area contributed by atoms with E-state index in [1.807, 2.05) is 29.6 Å². The summed E-state index contributed by atoms with van der Waals surface area (Å²) in [7, 11) is 0. The van der Waals surface area contributed by atoms with E-state index in [0.717, 1.165) is 17.5 Å². The molecule has 0 radical (unpaired) electrons. The van der Waals surface area contributed by atoms with Crippen LogP contribution < -0.4 is 5.56 Å². The number of nitrogens with zero attached hydrogens (tertiary/aromatic N) is 2. The van der Waals surface area contributed by atoms with Crippen LogP contribution in [-0.2, 0) is 16.8 Å². The first-order valence-corrected chi connectivity index (χ1v) is 8.99. The fourth-order valence-corrected chi connectivity index (χ4v) is 3.96.